The number of nitrogens with one attached hydrogen (secondary N) is 1. The van der Waals surface area contributed by atoms with Gasteiger partial charge in [-0.3, -0.25) is 0 Å². The summed E-state index contributed by atoms with van der Waals surface area (Å²) in [5.74, 6) is 0.716. The van der Waals surface area contributed by atoms with E-state index in [1.54, 1.807) is 6.92 Å². The normalized spacial score (nSPS) is 11.5. The fraction of sp³-hybridized carbons (Fsp3) is 0.300. The summed E-state index contributed by atoms with van der Waals surface area (Å²) in [5.41, 5.74) is 1.02. The number of ether oxygens (including phenoxy) is 1. The van der Waals surface area contributed by atoms with Crippen molar-refractivity contribution in [3.8, 4) is 11.8 Å². The molecule has 0 radical (unpaired) electrons. The van der Waals surface area contributed by atoms with Gasteiger partial charge in [-0.05, 0) is 31.2 Å². The van der Waals surface area contributed by atoms with Crippen LogP contribution in [0.4, 0.5) is 5.69 Å². The van der Waals surface area contributed by atoms with E-state index >= 15 is 0 Å². The van der Waals surface area contributed by atoms with Crippen LogP contribution in [0.5, 0.6) is 5.75 Å². The monoisotopic (exact) mass is 176 g/mol. The van der Waals surface area contributed by atoms with Gasteiger partial charge in [0.05, 0.1) is 0 Å². The third-order valence-corrected chi connectivity index (χ3v) is 1.64. The molecule has 3 nitrogen and oxygen atoms in total. The van der Waals surface area contributed by atoms with Crippen LogP contribution >= 0.6 is 0 Å². The van der Waals surface area contributed by atoms with E-state index in [1.807, 2.05) is 37.4 Å². The smallest absolute Gasteiger partial charge is 0.181 e. The van der Waals surface area contributed by atoms with Crippen LogP contribution in [0.1, 0.15) is 6.92 Å². The van der Waals surface area contributed by atoms with Gasteiger partial charge in [-0.25, -0.2) is 0 Å². The zero-order valence-electron chi connectivity index (χ0n) is 7.74. The number of anilines is 1. The number of rotatable bonds is 3. The lowest BCUT2D eigenvalue weighted by molar-refractivity contribution is 0.276. The fourth-order valence-corrected chi connectivity index (χ4v) is 0.931. The third kappa shape index (κ3) is 2.68. The average molecular weight is 176 g/mol. The van der Waals surface area contributed by atoms with Gasteiger partial charge in [0.25, 0.3) is 0 Å². The van der Waals surface area contributed by atoms with Crippen molar-refractivity contribution in [1.29, 1.82) is 5.26 Å². The maximum absolute atomic E-state index is 8.51. The highest BCUT2D eigenvalue weighted by molar-refractivity contribution is 5.45. The Morgan fingerprint density at radius 1 is 1.38 bits per heavy atom. The van der Waals surface area contributed by atoms with Gasteiger partial charge in [-0.15, -0.1) is 0 Å². The minimum absolute atomic E-state index is 0.402. The van der Waals surface area contributed by atoms with Crippen LogP contribution in [-0.2, 0) is 0 Å². The standard InChI is InChI=1S/C10H12N2O/c1-8(7-11)13-10-5-3-9(12-2)4-6-10/h3-6,8,12H,1-2H3. The topological polar surface area (TPSA) is 45.0 Å². The summed E-state index contributed by atoms with van der Waals surface area (Å²) in [6.07, 6.45) is -0.402. The first-order valence-corrected chi connectivity index (χ1v) is 4.10. The zero-order valence-corrected chi connectivity index (χ0v) is 7.74. The quantitative estimate of drug-likeness (QED) is 0.766. The molecule has 68 valence electrons. The second-order valence-electron chi connectivity index (χ2n) is 2.66. The molecule has 1 atom stereocenters. The first kappa shape index (κ1) is 9.40. The molecule has 0 fully saturated rings. The van der Waals surface area contributed by atoms with Crippen LogP contribution in [0.15, 0.2) is 24.3 Å². The molecule has 0 aliphatic carbocycles. The number of benzene rings is 1. The van der Waals surface area contributed by atoms with Gasteiger partial charge in [0.2, 0.25) is 0 Å². The lowest BCUT2D eigenvalue weighted by Crippen LogP contribution is -2.07. The second kappa shape index (κ2) is 4.36. The Bertz CT molecular complexity index is 300. The predicted octanol–water partition coefficient (Wildman–Crippen LogP) is 2.02. The van der Waals surface area contributed by atoms with E-state index in [0.29, 0.717) is 5.75 Å². The van der Waals surface area contributed by atoms with Crippen LogP contribution in [0.25, 0.3) is 0 Å². The molecule has 3 heteroatoms. The van der Waals surface area contributed by atoms with Crippen molar-refractivity contribution in [3.05, 3.63) is 24.3 Å². The number of nitrogens with zero attached hydrogens (tertiary/aromatic N) is 1. The number of hydrogen-bond donors (Lipinski definition) is 1. The van der Waals surface area contributed by atoms with Crippen LogP contribution in [0, 0.1) is 11.3 Å². The lowest BCUT2D eigenvalue weighted by atomic mass is 10.3. The molecule has 0 saturated carbocycles. The van der Waals surface area contributed by atoms with Gasteiger partial charge in [0, 0.05) is 12.7 Å². The molecule has 0 amide bonds. The summed E-state index contributed by atoms with van der Waals surface area (Å²) in [6.45, 7) is 1.71. The van der Waals surface area contributed by atoms with Gasteiger partial charge >= 0.3 is 0 Å². The van der Waals surface area contributed by atoms with E-state index in [4.69, 9.17) is 10.00 Å². The van der Waals surface area contributed by atoms with Crippen molar-refractivity contribution >= 4 is 5.69 Å². The Hall–Kier alpha value is -1.69. The summed E-state index contributed by atoms with van der Waals surface area (Å²) in [4.78, 5) is 0. The van der Waals surface area contributed by atoms with E-state index in [-0.39, 0.29) is 0 Å². The summed E-state index contributed by atoms with van der Waals surface area (Å²) in [5, 5.41) is 11.5. The molecule has 0 heterocycles. The molecule has 0 aromatic heterocycles. The zero-order chi connectivity index (χ0) is 9.68. The summed E-state index contributed by atoms with van der Waals surface area (Å²) in [6, 6.07) is 9.47. The van der Waals surface area contributed by atoms with Crippen LogP contribution in [-0.4, -0.2) is 13.2 Å². The highest BCUT2D eigenvalue weighted by atomic mass is 16.5. The predicted molar refractivity (Wildman–Crippen MR) is 51.7 cm³/mol. The Balaban J connectivity index is 2.65. The molecule has 1 aromatic rings. The maximum atomic E-state index is 8.51. The number of nitriles is 1. The summed E-state index contributed by atoms with van der Waals surface area (Å²) >= 11 is 0. The Morgan fingerprint density at radius 2 is 2.00 bits per heavy atom. The van der Waals surface area contributed by atoms with Crippen molar-refractivity contribution in [2.24, 2.45) is 0 Å². The van der Waals surface area contributed by atoms with Crippen LogP contribution in [0.2, 0.25) is 0 Å². The molecule has 1 rings (SSSR count). The molecular formula is C10H12N2O. The molecule has 0 saturated heterocycles. The minimum atomic E-state index is -0.402. The van der Waals surface area contributed by atoms with Crippen molar-refractivity contribution in [1.82, 2.24) is 0 Å². The fourth-order valence-electron chi connectivity index (χ4n) is 0.931. The Kier molecular flexibility index (Phi) is 3.15. The Morgan fingerprint density at radius 3 is 2.46 bits per heavy atom. The molecule has 0 spiro atoms. The van der Waals surface area contributed by atoms with Crippen molar-refractivity contribution in [2.75, 3.05) is 12.4 Å². The minimum Gasteiger partial charge on any atom is -0.476 e. The average Bonchev–Trinajstić information content (AvgIpc) is 2.19. The van der Waals surface area contributed by atoms with Crippen molar-refractivity contribution < 1.29 is 4.74 Å². The molecule has 0 bridgehead atoms. The van der Waals surface area contributed by atoms with Crippen molar-refractivity contribution in [2.45, 2.75) is 13.0 Å². The summed E-state index contributed by atoms with van der Waals surface area (Å²) in [7, 11) is 1.85. The third-order valence-electron chi connectivity index (χ3n) is 1.64. The first-order valence-electron chi connectivity index (χ1n) is 4.10. The second-order valence-corrected chi connectivity index (χ2v) is 2.66. The highest BCUT2D eigenvalue weighted by Crippen LogP contribution is 2.15. The van der Waals surface area contributed by atoms with Gasteiger partial charge in [-0.2, -0.15) is 5.26 Å². The molecule has 1 aromatic carbocycles. The van der Waals surface area contributed by atoms with E-state index < -0.39 is 6.10 Å². The number of hydrogen-bond acceptors (Lipinski definition) is 3. The van der Waals surface area contributed by atoms with Gasteiger partial charge in [-0.1, -0.05) is 0 Å². The van der Waals surface area contributed by atoms with E-state index in [2.05, 4.69) is 5.32 Å². The Labute approximate surface area is 77.9 Å². The first-order chi connectivity index (χ1) is 6.26. The van der Waals surface area contributed by atoms with Crippen molar-refractivity contribution in [3.63, 3.8) is 0 Å². The SMILES string of the molecule is CNc1ccc(OC(C)C#N)cc1. The molecule has 0 aliphatic rings. The van der Waals surface area contributed by atoms with E-state index in [1.165, 1.54) is 0 Å². The van der Waals surface area contributed by atoms with Gasteiger partial charge < -0.3 is 10.1 Å². The maximum Gasteiger partial charge on any atom is 0.181 e. The summed E-state index contributed by atoms with van der Waals surface area (Å²) < 4.78 is 5.27. The molecule has 1 N–H and O–H groups in total. The van der Waals surface area contributed by atoms with Gasteiger partial charge in [0.1, 0.15) is 11.8 Å². The molecule has 13 heavy (non-hydrogen) atoms. The lowest BCUT2D eigenvalue weighted by Gasteiger charge is -2.07. The molecular weight excluding hydrogens is 164 g/mol. The van der Waals surface area contributed by atoms with E-state index in [9.17, 15) is 0 Å². The largest absolute Gasteiger partial charge is 0.476 e. The van der Waals surface area contributed by atoms with Crippen LogP contribution < -0.4 is 10.1 Å². The highest BCUT2D eigenvalue weighted by Gasteiger charge is 2.00. The van der Waals surface area contributed by atoms with Crippen LogP contribution in [0.3, 0.4) is 0 Å². The molecule has 1 unspecified atom stereocenters. The van der Waals surface area contributed by atoms with Gasteiger partial charge in [0.15, 0.2) is 6.10 Å². The molecule has 0 aliphatic heterocycles. The van der Waals surface area contributed by atoms with E-state index in [0.717, 1.165) is 5.69 Å².